The molecular weight excluding hydrogens is 280 g/mol. The van der Waals surface area contributed by atoms with Gasteiger partial charge in [0.05, 0.1) is 5.56 Å². The zero-order valence-electron chi connectivity index (χ0n) is 11.8. The number of aryl methyl sites for hydroxylation is 1. The Bertz CT molecular complexity index is 831. The molecule has 3 rings (SSSR count). The molecule has 0 spiro atoms. The van der Waals surface area contributed by atoms with E-state index in [9.17, 15) is 14.7 Å². The van der Waals surface area contributed by atoms with Gasteiger partial charge in [-0.25, -0.2) is 0 Å². The number of furan rings is 1. The first-order valence-corrected chi connectivity index (χ1v) is 6.98. The van der Waals surface area contributed by atoms with Gasteiger partial charge in [0, 0.05) is 23.8 Å². The van der Waals surface area contributed by atoms with Crippen molar-refractivity contribution in [1.29, 1.82) is 0 Å². The molecule has 1 aromatic heterocycles. The van der Waals surface area contributed by atoms with Gasteiger partial charge >= 0.3 is 0 Å². The Morgan fingerprint density at radius 2 is 1.91 bits per heavy atom. The van der Waals surface area contributed by atoms with Crippen LogP contribution in [-0.2, 0) is 11.2 Å². The van der Waals surface area contributed by atoms with E-state index >= 15 is 0 Å². The summed E-state index contributed by atoms with van der Waals surface area (Å²) in [6.45, 7) is 0. The third-order valence-corrected chi connectivity index (χ3v) is 3.50. The van der Waals surface area contributed by atoms with Crippen molar-refractivity contribution < 1.29 is 19.1 Å². The van der Waals surface area contributed by atoms with Crippen LogP contribution in [0.3, 0.4) is 0 Å². The van der Waals surface area contributed by atoms with Gasteiger partial charge in [0.2, 0.25) is 0 Å². The summed E-state index contributed by atoms with van der Waals surface area (Å²) in [4.78, 5) is 23.4. The summed E-state index contributed by atoms with van der Waals surface area (Å²) < 4.78 is 5.71. The number of hydrogen-bond donors (Lipinski definition) is 1. The van der Waals surface area contributed by atoms with Crippen LogP contribution in [0.2, 0.25) is 0 Å². The summed E-state index contributed by atoms with van der Waals surface area (Å²) in [6.07, 6.45) is 1.43. The van der Waals surface area contributed by atoms with E-state index in [1.54, 1.807) is 30.3 Å². The zero-order chi connectivity index (χ0) is 15.5. The monoisotopic (exact) mass is 294 g/mol. The maximum absolute atomic E-state index is 12.8. The predicted molar refractivity (Wildman–Crippen MR) is 82.1 cm³/mol. The van der Waals surface area contributed by atoms with E-state index in [4.69, 9.17) is 4.42 Å². The second-order valence-electron chi connectivity index (χ2n) is 4.98. The van der Waals surface area contributed by atoms with Crippen molar-refractivity contribution in [3.63, 3.8) is 0 Å². The Morgan fingerprint density at radius 1 is 1.14 bits per heavy atom. The van der Waals surface area contributed by atoms with Crippen molar-refractivity contribution in [3.05, 3.63) is 65.4 Å². The smallest absolute Gasteiger partial charge is 0.197 e. The summed E-state index contributed by atoms with van der Waals surface area (Å²) >= 11 is 0. The minimum absolute atomic E-state index is 0.0670. The molecule has 2 aromatic carbocycles. The standard InChI is InChI=1S/C18H14O4/c19-10-4-7-16-17(18(21)12-5-2-1-3-6-12)14-11-13(20)8-9-15(14)22-16/h1-3,5-6,8-11,20H,4,7H2. The molecule has 1 N–H and O–H groups in total. The van der Waals surface area contributed by atoms with E-state index in [0.29, 0.717) is 34.3 Å². The Morgan fingerprint density at radius 3 is 2.64 bits per heavy atom. The highest BCUT2D eigenvalue weighted by molar-refractivity contribution is 6.17. The van der Waals surface area contributed by atoms with Crippen molar-refractivity contribution in [2.75, 3.05) is 0 Å². The highest BCUT2D eigenvalue weighted by Crippen LogP contribution is 2.31. The lowest BCUT2D eigenvalue weighted by Crippen LogP contribution is -2.03. The molecule has 0 saturated carbocycles. The lowest BCUT2D eigenvalue weighted by Gasteiger charge is -2.02. The molecule has 0 aliphatic carbocycles. The molecule has 0 aliphatic rings. The number of ketones is 1. The van der Waals surface area contributed by atoms with Crippen LogP contribution < -0.4 is 0 Å². The fourth-order valence-electron chi connectivity index (χ4n) is 2.49. The molecule has 0 atom stereocenters. The Labute approximate surface area is 127 Å². The summed E-state index contributed by atoms with van der Waals surface area (Å²) in [6, 6.07) is 13.5. The van der Waals surface area contributed by atoms with Gasteiger partial charge in [-0.3, -0.25) is 4.79 Å². The number of phenolic OH excluding ortho intramolecular Hbond substituents is 1. The largest absolute Gasteiger partial charge is 0.508 e. The fourth-order valence-corrected chi connectivity index (χ4v) is 2.49. The molecule has 0 fully saturated rings. The lowest BCUT2D eigenvalue weighted by molar-refractivity contribution is -0.107. The molecule has 4 nitrogen and oxygen atoms in total. The molecule has 0 aliphatic heterocycles. The van der Waals surface area contributed by atoms with Gasteiger partial charge in [-0.2, -0.15) is 0 Å². The number of hydrogen-bond acceptors (Lipinski definition) is 4. The van der Waals surface area contributed by atoms with E-state index in [1.165, 1.54) is 12.1 Å². The van der Waals surface area contributed by atoms with Crippen LogP contribution in [0.1, 0.15) is 28.1 Å². The molecule has 0 radical (unpaired) electrons. The van der Waals surface area contributed by atoms with E-state index in [1.807, 2.05) is 6.07 Å². The van der Waals surface area contributed by atoms with Crippen LogP contribution in [-0.4, -0.2) is 17.2 Å². The number of benzene rings is 2. The molecule has 0 saturated heterocycles. The van der Waals surface area contributed by atoms with E-state index < -0.39 is 0 Å². The molecule has 4 heteroatoms. The highest BCUT2D eigenvalue weighted by Gasteiger charge is 2.21. The Hall–Kier alpha value is -2.88. The summed E-state index contributed by atoms with van der Waals surface area (Å²) in [5, 5.41) is 10.2. The molecular formula is C18H14O4. The third-order valence-electron chi connectivity index (χ3n) is 3.50. The van der Waals surface area contributed by atoms with Crippen molar-refractivity contribution >= 4 is 23.0 Å². The van der Waals surface area contributed by atoms with Crippen molar-refractivity contribution in [2.24, 2.45) is 0 Å². The minimum atomic E-state index is -0.175. The zero-order valence-corrected chi connectivity index (χ0v) is 11.8. The number of aromatic hydroxyl groups is 1. The topological polar surface area (TPSA) is 67.5 Å². The third kappa shape index (κ3) is 2.51. The maximum Gasteiger partial charge on any atom is 0.197 e. The Kier molecular flexibility index (Phi) is 3.74. The normalized spacial score (nSPS) is 10.7. The number of carbonyl (C=O) groups excluding carboxylic acids is 2. The maximum atomic E-state index is 12.8. The number of rotatable bonds is 5. The average Bonchev–Trinajstić information content (AvgIpc) is 2.90. The molecule has 0 amide bonds. The van der Waals surface area contributed by atoms with Gasteiger partial charge in [-0.05, 0) is 18.2 Å². The van der Waals surface area contributed by atoms with Gasteiger partial charge in [0.1, 0.15) is 23.4 Å². The van der Waals surface area contributed by atoms with Crippen molar-refractivity contribution in [3.8, 4) is 5.75 Å². The number of phenols is 1. The fraction of sp³-hybridized carbons (Fsp3) is 0.111. The molecule has 110 valence electrons. The number of aldehydes is 1. The second kappa shape index (κ2) is 5.85. The molecule has 0 bridgehead atoms. The Balaban J connectivity index is 2.18. The molecule has 0 unspecified atom stereocenters. The van der Waals surface area contributed by atoms with E-state index in [2.05, 4.69) is 0 Å². The van der Waals surface area contributed by atoms with Crippen molar-refractivity contribution in [1.82, 2.24) is 0 Å². The highest BCUT2D eigenvalue weighted by atomic mass is 16.3. The van der Waals surface area contributed by atoms with E-state index in [0.717, 1.165) is 6.29 Å². The lowest BCUT2D eigenvalue weighted by atomic mass is 9.98. The van der Waals surface area contributed by atoms with Gasteiger partial charge in [0.25, 0.3) is 0 Å². The van der Waals surface area contributed by atoms with Crippen LogP contribution >= 0.6 is 0 Å². The van der Waals surface area contributed by atoms with Gasteiger partial charge < -0.3 is 14.3 Å². The molecule has 22 heavy (non-hydrogen) atoms. The summed E-state index contributed by atoms with van der Waals surface area (Å²) in [5.41, 5.74) is 1.48. The summed E-state index contributed by atoms with van der Waals surface area (Å²) in [5.74, 6) is 0.366. The van der Waals surface area contributed by atoms with Crippen LogP contribution in [0, 0.1) is 0 Å². The molecule has 1 heterocycles. The second-order valence-corrected chi connectivity index (χ2v) is 4.98. The SMILES string of the molecule is O=CCCc1oc2ccc(O)cc2c1C(=O)c1ccccc1. The van der Waals surface area contributed by atoms with Gasteiger partial charge in [0.15, 0.2) is 5.78 Å². The number of fused-ring (bicyclic) bond motifs is 1. The predicted octanol–water partition coefficient (Wildman–Crippen LogP) is 3.50. The van der Waals surface area contributed by atoms with Crippen LogP contribution in [0.25, 0.3) is 11.0 Å². The summed E-state index contributed by atoms with van der Waals surface area (Å²) in [7, 11) is 0. The van der Waals surface area contributed by atoms with E-state index in [-0.39, 0.29) is 18.0 Å². The first-order valence-electron chi connectivity index (χ1n) is 6.98. The quantitative estimate of drug-likeness (QED) is 0.577. The first kappa shape index (κ1) is 14.1. The number of carbonyl (C=O) groups is 2. The van der Waals surface area contributed by atoms with Crippen LogP contribution in [0.5, 0.6) is 5.75 Å². The first-order chi connectivity index (χ1) is 10.7. The minimum Gasteiger partial charge on any atom is -0.508 e. The van der Waals surface area contributed by atoms with Crippen LogP contribution in [0.4, 0.5) is 0 Å². The van der Waals surface area contributed by atoms with Crippen molar-refractivity contribution in [2.45, 2.75) is 12.8 Å². The average molecular weight is 294 g/mol. The van der Waals surface area contributed by atoms with Gasteiger partial charge in [-0.1, -0.05) is 30.3 Å². The molecule has 3 aromatic rings. The van der Waals surface area contributed by atoms with Gasteiger partial charge in [-0.15, -0.1) is 0 Å². The van der Waals surface area contributed by atoms with Crippen LogP contribution in [0.15, 0.2) is 52.9 Å².